The Bertz CT molecular complexity index is 441. The summed E-state index contributed by atoms with van der Waals surface area (Å²) < 4.78 is 5.20. The molecule has 2 rings (SSSR count). The second kappa shape index (κ2) is 5.96. The van der Waals surface area contributed by atoms with Crippen LogP contribution >= 0.6 is 0 Å². The van der Waals surface area contributed by atoms with Gasteiger partial charge in [-0.05, 0) is 0 Å². The Kier molecular flexibility index (Phi) is 4.30. The second-order valence-corrected chi connectivity index (χ2v) is 4.16. The molecule has 0 aromatic carbocycles. The SMILES string of the molecule is O=C(O)C1CCN(c2ncc(B(O)O)cn2)CCO1. The third-order valence-corrected chi connectivity index (χ3v) is 2.86. The van der Waals surface area contributed by atoms with Gasteiger partial charge in [-0.3, -0.25) is 0 Å². The van der Waals surface area contributed by atoms with Crippen LogP contribution in [0.3, 0.4) is 0 Å². The number of carbonyl (C=O) groups is 1. The van der Waals surface area contributed by atoms with E-state index >= 15 is 0 Å². The van der Waals surface area contributed by atoms with E-state index in [4.69, 9.17) is 19.9 Å². The van der Waals surface area contributed by atoms with Crippen LogP contribution < -0.4 is 10.4 Å². The molecule has 19 heavy (non-hydrogen) atoms. The number of carboxylic acid groups (broad SMARTS) is 1. The van der Waals surface area contributed by atoms with E-state index in [0.717, 1.165) is 0 Å². The smallest absolute Gasteiger partial charge is 0.479 e. The molecule has 102 valence electrons. The molecule has 0 radical (unpaired) electrons. The van der Waals surface area contributed by atoms with Gasteiger partial charge in [0.15, 0.2) is 6.10 Å². The van der Waals surface area contributed by atoms with Crippen molar-refractivity contribution in [2.75, 3.05) is 24.6 Å². The van der Waals surface area contributed by atoms with Crippen LogP contribution in [0.2, 0.25) is 0 Å². The van der Waals surface area contributed by atoms with Gasteiger partial charge in [-0.2, -0.15) is 0 Å². The van der Waals surface area contributed by atoms with Crippen LogP contribution in [0, 0.1) is 0 Å². The van der Waals surface area contributed by atoms with Crippen molar-refractivity contribution in [1.82, 2.24) is 9.97 Å². The van der Waals surface area contributed by atoms with E-state index in [-0.39, 0.29) is 12.1 Å². The van der Waals surface area contributed by atoms with Crippen LogP contribution in [0.25, 0.3) is 0 Å². The number of aromatic nitrogens is 2. The molecule has 2 heterocycles. The maximum Gasteiger partial charge on any atom is 0.491 e. The van der Waals surface area contributed by atoms with E-state index in [1.165, 1.54) is 12.4 Å². The average Bonchev–Trinajstić information content (AvgIpc) is 2.64. The highest BCUT2D eigenvalue weighted by molar-refractivity contribution is 6.58. The highest BCUT2D eigenvalue weighted by Crippen LogP contribution is 2.12. The van der Waals surface area contributed by atoms with Gasteiger partial charge in [-0.25, -0.2) is 14.8 Å². The normalized spacial score (nSPS) is 19.9. The predicted molar refractivity (Wildman–Crippen MR) is 66.1 cm³/mol. The fourth-order valence-electron chi connectivity index (χ4n) is 1.80. The Morgan fingerprint density at radius 2 is 2.05 bits per heavy atom. The predicted octanol–water partition coefficient (Wildman–Crippen LogP) is -2.16. The van der Waals surface area contributed by atoms with Crippen LogP contribution in [-0.2, 0) is 9.53 Å². The lowest BCUT2D eigenvalue weighted by Crippen LogP contribution is -2.33. The first-order chi connectivity index (χ1) is 9.08. The first-order valence-corrected chi connectivity index (χ1v) is 5.85. The van der Waals surface area contributed by atoms with Crippen molar-refractivity contribution in [2.24, 2.45) is 0 Å². The monoisotopic (exact) mass is 267 g/mol. The van der Waals surface area contributed by atoms with Crippen molar-refractivity contribution in [3.05, 3.63) is 12.4 Å². The summed E-state index contributed by atoms with van der Waals surface area (Å²) in [4.78, 5) is 20.7. The lowest BCUT2D eigenvalue weighted by atomic mass is 9.83. The van der Waals surface area contributed by atoms with E-state index < -0.39 is 19.2 Å². The second-order valence-electron chi connectivity index (χ2n) is 4.16. The van der Waals surface area contributed by atoms with Gasteiger partial charge >= 0.3 is 13.1 Å². The van der Waals surface area contributed by atoms with Crippen molar-refractivity contribution in [2.45, 2.75) is 12.5 Å². The van der Waals surface area contributed by atoms with Gasteiger partial charge in [0, 0.05) is 37.4 Å². The molecule has 1 aliphatic heterocycles. The van der Waals surface area contributed by atoms with Crippen molar-refractivity contribution < 1.29 is 24.7 Å². The highest BCUT2D eigenvalue weighted by atomic mass is 16.5. The molecule has 1 fully saturated rings. The summed E-state index contributed by atoms with van der Waals surface area (Å²) in [6.07, 6.45) is 2.20. The number of nitrogens with zero attached hydrogens (tertiary/aromatic N) is 3. The van der Waals surface area contributed by atoms with Crippen molar-refractivity contribution in [3.63, 3.8) is 0 Å². The molecule has 8 nitrogen and oxygen atoms in total. The van der Waals surface area contributed by atoms with Gasteiger partial charge in [0.1, 0.15) is 0 Å². The lowest BCUT2D eigenvalue weighted by Gasteiger charge is -2.19. The van der Waals surface area contributed by atoms with Crippen molar-refractivity contribution in [1.29, 1.82) is 0 Å². The fraction of sp³-hybridized carbons (Fsp3) is 0.500. The molecule has 0 amide bonds. The van der Waals surface area contributed by atoms with Gasteiger partial charge in [-0.15, -0.1) is 0 Å². The third kappa shape index (κ3) is 3.40. The quantitative estimate of drug-likeness (QED) is 0.530. The van der Waals surface area contributed by atoms with Crippen LogP contribution in [0.1, 0.15) is 6.42 Å². The largest absolute Gasteiger partial charge is 0.491 e. The molecular weight excluding hydrogens is 253 g/mol. The minimum atomic E-state index is -1.60. The summed E-state index contributed by atoms with van der Waals surface area (Å²) in [5.74, 6) is -0.555. The lowest BCUT2D eigenvalue weighted by molar-refractivity contribution is -0.149. The summed E-state index contributed by atoms with van der Waals surface area (Å²) >= 11 is 0. The molecule has 0 spiro atoms. The number of carboxylic acids is 1. The molecule has 1 saturated heterocycles. The molecule has 1 atom stereocenters. The van der Waals surface area contributed by atoms with Gasteiger partial charge in [-0.1, -0.05) is 0 Å². The van der Waals surface area contributed by atoms with Gasteiger partial charge < -0.3 is 24.8 Å². The van der Waals surface area contributed by atoms with E-state index in [9.17, 15) is 4.79 Å². The minimum Gasteiger partial charge on any atom is -0.479 e. The zero-order chi connectivity index (χ0) is 13.8. The van der Waals surface area contributed by atoms with Crippen LogP contribution in [0.4, 0.5) is 5.95 Å². The zero-order valence-electron chi connectivity index (χ0n) is 10.1. The topological polar surface area (TPSA) is 116 Å². The van der Waals surface area contributed by atoms with Gasteiger partial charge in [0.25, 0.3) is 0 Å². The molecule has 1 aromatic rings. The summed E-state index contributed by atoms with van der Waals surface area (Å²) in [6.45, 7) is 1.24. The van der Waals surface area contributed by atoms with Crippen molar-refractivity contribution in [3.8, 4) is 0 Å². The molecular formula is C10H14BN3O5. The number of hydrogen-bond acceptors (Lipinski definition) is 7. The van der Waals surface area contributed by atoms with Crippen LogP contribution in [-0.4, -0.2) is 64.0 Å². The Morgan fingerprint density at radius 1 is 1.37 bits per heavy atom. The fourth-order valence-corrected chi connectivity index (χ4v) is 1.80. The summed E-state index contributed by atoms with van der Waals surface area (Å²) in [7, 11) is -1.60. The van der Waals surface area contributed by atoms with E-state index in [2.05, 4.69) is 9.97 Å². The minimum absolute atomic E-state index is 0.207. The summed E-state index contributed by atoms with van der Waals surface area (Å²) in [5.41, 5.74) is 0.207. The summed E-state index contributed by atoms with van der Waals surface area (Å²) in [5, 5.41) is 26.8. The molecule has 9 heteroatoms. The molecule has 3 N–H and O–H groups in total. The number of rotatable bonds is 3. The number of aliphatic carboxylic acids is 1. The Hall–Kier alpha value is -1.71. The van der Waals surface area contributed by atoms with Crippen LogP contribution in [0.5, 0.6) is 0 Å². The Morgan fingerprint density at radius 3 is 2.63 bits per heavy atom. The molecule has 0 aliphatic carbocycles. The number of anilines is 1. The first-order valence-electron chi connectivity index (χ1n) is 5.85. The summed E-state index contributed by atoms with van der Waals surface area (Å²) in [6, 6.07) is 0. The number of ether oxygens (including phenoxy) is 1. The van der Waals surface area contributed by atoms with E-state index in [1.54, 1.807) is 4.90 Å². The van der Waals surface area contributed by atoms with E-state index in [0.29, 0.717) is 25.5 Å². The first kappa shape index (κ1) is 13.7. The molecule has 1 aromatic heterocycles. The van der Waals surface area contributed by atoms with Gasteiger partial charge in [0.2, 0.25) is 5.95 Å². The van der Waals surface area contributed by atoms with Gasteiger partial charge in [0.05, 0.1) is 6.61 Å². The standard InChI is InChI=1S/C10H14BN3O5/c15-9(16)8-1-2-14(3-4-19-8)10-12-5-7(6-13-10)11(17)18/h5-6,8,17-18H,1-4H2,(H,15,16). The average molecular weight is 267 g/mol. The maximum atomic E-state index is 10.8. The van der Waals surface area contributed by atoms with Crippen molar-refractivity contribution >= 4 is 24.5 Å². The van der Waals surface area contributed by atoms with E-state index in [1.807, 2.05) is 0 Å². The third-order valence-electron chi connectivity index (χ3n) is 2.86. The molecule has 0 bridgehead atoms. The Labute approximate surface area is 109 Å². The zero-order valence-corrected chi connectivity index (χ0v) is 10.1. The Balaban J connectivity index is 2.03. The molecule has 1 aliphatic rings. The van der Waals surface area contributed by atoms with Crippen LogP contribution in [0.15, 0.2) is 12.4 Å². The molecule has 0 saturated carbocycles. The molecule has 1 unspecified atom stereocenters. The number of hydrogen-bond donors (Lipinski definition) is 3. The maximum absolute atomic E-state index is 10.8. The highest BCUT2D eigenvalue weighted by Gasteiger charge is 2.24.